The van der Waals surface area contributed by atoms with E-state index in [1.165, 1.54) is 96.6 Å². The first-order chi connectivity index (χ1) is 23.8. The lowest BCUT2D eigenvalue weighted by atomic mass is 9.83. The predicted molar refractivity (Wildman–Crippen MR) is 207 cm³/mol. The van der Waals surface area contributed by atoms with E-state index in [1.807, 2.05) is 11.3 Å². The molecule has 0 saturated heterocycles. The van der Waals surface area contributed by atoms with Crippen LogP contribution in [0.3, 0.4) is 0 Å². The molecule has 2 aromatic heterocycles. The minimum absolute atomic E-state index is 0.942. The van der Waals surface area contributed by atoms with E-state index in [9.17, 15) is 0 Å². The summed E-state index contributed by atoms with van der Waals surface area (Å²) in [4.78, 5) is 0. The van der Waals surface area contributed by atoms with Crippen LogP contribution in [0.2, 0.25) is 0 Å². The summed E-state index contributed by atoms with van der Waals surface area (Å²) in [6, 6.07) is 57.9. The second-order valence-electron chi connectivity index (χ2n) is 12.8. The van der Waals surface area contributed by atoms with Crippen molar-refractivity contribution >= 4 is 85.8 Å². The maximum Gasteiger partial charge on any atom is 0.136 e. The largest absolute Gasteiger partial charge is 0.456 e. The molecule has 0 spiro atoms. The van der Waals surface area contributed by atoms with E-state index < -0.39 is 0 Å². The molecule has 0 N–H and O–H groups in total. The molecule has 2 heteroatoms. The number of rotatable bonds is 3. The van der Waals surface area contributed by atoms with Crippen molar-refractivity contribution in [1.82, 2.24) is 0 Å². The van der Waals surface area contributed by atoms with E-state index in [0.717, 1.165) is 11.2 Å². The minimum atomic E-state index is 0.942. The second kappa shape index (κ2) is 9.78. The van der Waals surface area contributed by atoms with Gasteiger partial charge in [-0.2, -0.15) is 0 Å². The van der Waals surface area contributed by atoms with Crippen molar-refractivity contribution in [2.75, 3.05) is 0 Å². The first kappa shape index (κ1) is 26.1. The lowest BCUT2D eigenvalue weighted by Gasteiger charge is -2.19. The van der Waals surface area contributed by atoms with E-state index >= 15 is 0 Å². The van der Waals surface area contributed by atoms with Gasteiger partial charge in [-0.05, 0) is 102 Å². The summed E-state index contributed by atoms with van der Waals surface area (Å²) in [5.41, 5.74) is 9.38. The van der Waals surface area contributed by atoms with E-state index in [1.54, 1.807) is 0 Å². The van der Waals surface area contributed by atoms with E-state index in [-0.39, 0.29) is 0 Å². The first-order valence-corrected chi connectivity index (χ1v) is 17.2. The molecule has 0 amide bonds. The Balaban J connectivity index is 1.14. The third-order valence-electron chi connectivity index (χ3n) is 10.2. The van der Waals surface area contributed by atoms with Gasteiger partial charge >= 0.3 is 0 Å². The molecule has 9 aromatic carbocycles. The van der Waals surface area contributed by atoms with Gasteiger partial charge in [0.2, 0.25) is 0 Å². The standard InChI is InChI=1S/C46H26OS/c1-3-13-34-32(11-1)43(28-21-19-27(20-22-28)29-23-24-42-37(25-29)31-10-5-6-18-41(31)48-42)33-12-2-4-14-35(33)45(34)38-26-30-9-7-16-39-44(30)46-36(38)15-8-17-40(46)47-39/h1-26H. The summed E-state index contributed by atoms with van der Waals surface area (Å²) in [7, 11) is 0. The molecule has 0 aliphatic carbocycles. The third kappa shape index (κ3) is 3.61. The molecule has 0 fully saturated rings. The summed E-state index contributed by atoms with van der Waals surface area (Å²) in [5, 5.41) is 12.6. The van der Waals surface area contributed by atoms with Crippen LogP contribution < -0.4 is 0 Å². The number of hydrogen-bond acceptors (Lipinski definition) is 2. The summed E-state index contributed by atoms with van der Waals surface area (Å²) in [5.74, 6) is 0. The van der Waals surface area contributed by atoms with Crippen LogP contribution in [0, 0.1) is 0 Å². The van der Waals surface area contributed by atoms with Gasteiger partial charge in [0, 0.05) is 30.9 Å². The van der Waals surface area contributed by atoms with Crippen molar-refractivity contribution in [3.63, 3.8) is 0 Å². The Kier molecular flexibility index (Phi) is 5.32. The smallest absolute Gasteiger partial charge is 0.136 e. The summed E-state index contributed by atoms with van der Waals surface area (Å²) in [6.07, 6.45) is 0. The summed E-state index contributed by atoms with van der Waals surface area (Å²) in [6.45, 7) is 0. The van der Waals surface area contributed by atoms with Gasteiger partial charge in [0.05, 0.1) is 0 Å². The highest BCUT2D eigenvalue weighted by Crippen LogP contribution is 2.48. The van der Waals surface area contributed by atoms with Gasteiger partial charge in [0.15, 0.2) is 0 Å². The van der Waals surface area contributed by atoms with Crippen molar-refractivity contribution in [2.45, 2.75) is 0 Å². The molecule has 11 rings (SSSR count). The zero-order valence-corrected chi connectivity index (χ0v) is 26.6. The lowest BCUT2D eigenvalue weighted by molar-refractivity contribution is 0.669. The monoisotopic (exact) mass is 626 g/mol. The van der Waals surface area contributed by atoms with E-state index in [2.05, 4.69) is 158 Å². The fraction of sp³-hybridized carbons (Fsp3) is 0. The molecule has 0 aliphatic heterocycles. The highest BCUT2D eigenvalue weighted by molar-refractivity contribution is 7.25. The number of fused-ring (bicyclic) bond motifs is 5. The first-order valence-electron chi connectivity index (χ1n) is 16.4. The zero-order chi connectivity index (χ0) is 31.3. The van der Waals surface area contributed by atoms with Crippen LogP contribution in [0.1, 0.15) is 0 Å². The second-order valence-corrected chi connectivity index (χ2v) is 13.9. The average molecular weight is 627 g/mol. The van der Waals surface area contributed by atoms with Crippen LogP contribution in [0.5, 0.6) is 0 Å². The number of benzene rings is 9. The third-order valence-corrected chi connectivity index (χ3v) is 11.4. The van der Waals surface area contributed by atoms with Crippen molar-refractivity contribution in [2.24, 2.45) is 0 Å². The molecular formula is C46H26OS. The summed E-state index contributed by atoms with van der Waals surface area (Å²) >= 11 is 1.86. The molecule has 0 atom stereocenters. The zero-order valence-electron chi connectivity index (χ0n) is 25.8. The molecule has 48 heavy (non-hydrogen) atoms. The number of thiophene rings is 1. The van der Waals surface area contributed by atoms with Gasteiger partial charge < -0.3 is 4.42 Å². The Morgan fingerprint density at radius 2 is 0.917 bits per heavy atom. The lowest BCUT2D eigenvalue weighted by Crippen LogP contribution is -1.92. The van der Waals surface area contributed by atoms with Crippen LogP contribution >= 0.6 is 11.3 Å². The van der Waals surface area contributed by atoms with Crippen LogP contribution in [-0.2, 0) is 0 Å². The van der Waals surface area contributed by atoms with Crippen molar-refractivity contribution in [3.05, 3.63) is 158 Å². The van der Waals surface area contributed by atoms with Crippen LogP contribution in [0.4, 0.5) is 0 Å². The fourth-order valence-electron chi connectivity index (χ4n) is 8.14. The Bertz CT molecular complexity index is 2990. The van der Waals surface area contributed by atoms with Crippen molar-refractivity contribution in [3.8, 4) is 33.4 Å². The molecule has 222 valence electrons. The molecule has 1 nitrogen and oxygen atoms in total. The molecule has 0 bridgehead atoms. The van der Waals surface area contributed by atoms with Gasteiger partial charge in [-0.15, -0.1) is 11.3 Å². The molecule has 2 heterocycles. The Morgan fingerprint density at radius 1 is 0.354 bits per heavy atom. The fourth-order valence-corrected chi connectivity index (χ4v) is 9.23. The molecule has 0 saturated carbocycles. The van der Waals surface area contributed by atoms with Crippen LogP contribution in [0.15, 0.2) is 162 Å². The van der Waals surface area contributed by atoms with Gasteiger partial charge in [-0.25, -0.2) is 0 Å². The molecule has 11 aromatic rings. The summed E-state index contributed by atoms with van der Waals surface area (Å²) < 4.78 is 9.01. The van der Waals surface area contributed by atoms with Gasteiger partial charge in [0.25, 0.3) is 0 Å². The van der Waals surface area contributed by atoms with Crippen LogP contribution in [0.25, 0.3) is 108 Å². The Morgan fingerprint density at radius 3 is 1.67 bits per heavy atom. The minimum Gasteiger partial charge on any atom is -0.456 e. The van der Waals surface area contributed by atoms with Crippen LogP contribution in [-0.4, -0.2) is 0 Å². The molecular weight excluding hydrogens is 601 g/mol. The highest BCUT2D eigenvalue weighted by atomic mass is 32.1. The van der Waals surface area contributed by atoms with Gasteiger partial charge in [-0.1, -0.05) is 121 Å². The normalized spacial score (nSPS) is 12.2. The van der Waals surface area contributed by atoms with Crippen molar-refractivity contribution < 1.29 is 4.42 Å². The van der Waals surface area contributed by atoms with E-state index in [0.29, 0.717) is 0 Å². The van der Waals surface area contributed by atoms with Gasteiger partial charge in [0.1, 0.15) is 11.2 Å². The molecule has 0 unspecified atom stereocenters. The molecule has 0 aliphatic rings. The quantitative estimate of drug-likeness (QED) is 0.140. The van der Waals surface area contributed by atoms with Crippen molar-refractivity contribution in [1.29, 1.82) is 0 Å². The topological polar surface area (TPSA) is 13.1 Å². The molecule has 0 radical (unpaired) electrons. The maximum absolute atomic E-state index is 6.33. The van der Waals surface area contributed by atoms with E-state index in [4.69, 9.17) is 4.42 Å². The Labute approximate surface area is 280 Å². The Hall–Kier alpha value is -5.96. The average Bonchev–Trinajstić information content (AvgIpc) is 3.72. The highest BCUT2D eigenvalue weighted by Gasteiger charge is 2.21. The maximum atomic E-state index is 6.33. The SMILES string of the molecule is c1cc2cc(-c3c4ccccc4c(-c4ccc(-c5ccc6sc7ccccc7c6c5)cc4)c4ccccc34)c3cccc4oc(c1)c2c43. The number of furan rings is 1. The number of hydrogen-bond donors (Lipinski definition) is 0. The van der Waals surface area contributed by atoms with Gasteiger partial charge in [-0.3, -0.25) is 0 Å². The predicted octanol–water partition coefficient (Wildman–Crippen LogP) is 13.9.